The maximum Gasteiger partial charge on any atom is 0.326 e. The summed E-state index contributed by atoms with van der Waals surface area (Å²) in [6.45, 7) is -0.147. The van der Waals surface area contributed by atoms with Crippen LogP contribution in [0.3, 0.4) is 0 Å². The van der Waals surface area contributed by atoms with Crippen molar-refractivity contribution in [1.29, 1.82) is 0 Å². The van der Waals surface area contributed by atoms with Crippen molar-refractivity contribution in [2.75, 3.05) is 0 Å². The number of primary amides is 1. The summed E-state index contributed by atoms with van der Waals surface area (Å²) in [6.07, 6.45) is -0.562. The molecule has 0 unspecified atom stereocenters. The third kappa shape index (κ3) is 5.43. The molecular weight excluding hydrogens is 288 g/mol. The monoisotopic (exact) mass is 301 g/mol. The predicted octanol–water partition coefficient (Wildman–Crippen LogP) is 0.0926. The van der Waals surface area contributed by atoms with Crippen molar-refractivity contribution in [3.05, 3.63) is 35.4 Å². The number of carbonyl (C=O) groups is 3. The molecule has 0 heterocycles. The third-order valence-electron chi connectivity index (χ3n) is 2.45. The fraction of sp³-hybridized carbons (Fsp3) is 0.250. The standard InChI is InChI=1S/C12H13F2N3O4/c13-7-2-1-6(3-8(7)14)5-16-12(21)17-9(11(19)20)4-10(15)18/h1-3,9H,4-5H2,(H2,15,18)(H,19,20)(H2,16,17,21)/t9-/m1/s1. The summed E-state index contributed by atoms with van der Waals surface area (Å²) in [5, 5.41) is 13.1. The quantitative estimate of drug-likeness (QED) is 0.595. The van der Waals surface area contributed by atoms with Gasteiger partial charge in [-0.05, 0) is 17.7 Å². The van der Waals surface area contributed by atoms with Gasteiger partial charge in [0.2, 0.25) is 5.91 Å². The normalized spacial score (nSPS) is 11.5. The van der Waals surface area contributed by atoms with Gasteiger partial charge >= 0.3 is 12.0 Å². The molecule has 9 heteroatoms. The molecule has 114 valence electrons. The van der Waals surface area contributed by atoms with Crippen molar-refractivity contribution < 1.29 is 28.3 Å². The van der Waals surface area contributed by atoms with E-state index in [1.54, 1.807) is 0 Å². The first-order valence-electron chi connectivity index (χ1n) is 5.79. The number of amides is 3. The van der Waals surface area contributed by atoms with Crippen LogP contribution >= 0.6 is 0 Å². The zero-order chi connectivity index (χ0) is 16.0. The Hall–Kier alpha value is -2.71. The zero-order valence-corrected chi connectivity index (χ0v) is 10.7. The minimum atomic E-state index is -1.47. The topological polar surface area (TPSA) is 122 Å². The average Bonchev–Trinajstić information content (AvgIpc) is 2.38. The van der Waals surface area contributed by atoms with Crippen LogP contribution in [0.4, 0.5) is 13.6 Å². The average molecular weight is 301 g/mol. The fourth-order valence-corrected chi connectivity index (χ4v) is 1.44. The molecule has 0 fully saturated rings. The number of benzene rings is 1. The molecule has 5 N–H and O–H groups in total. The summed E-state index contributed by atoms with van der Waals surface area (Å²) < 4.78 is 25.6. The Balaban J connectivity index is 2.54. The summed E-state index contributed by atoms with van der Waals surface area (Å²) in [5.41, 5.74) is 5.13. The van der Waals surface area contributed by atoms with E-state index in [4.69, 9.17) is 10.8 Å². The number of urea groups is 1. The number of rotatable bonds is 6. The second-order valence-electron chi connectivity index (χ2n) is 4.14. The van der Waals surface area contributed by atoms with Gasteiger partial charge in [0.25, 0.3) is 0 Å². The van der Waals surface area contributed by atoms with Crippen molar-refractivity contribution in [2.24, 2.45) is 5.73 Å². The Morgan fingerprint density at radius 3 is 2.43 bits per heavy atom. The van der Waals surface area contributed by atoms with Crippen LogP contribution in [0.1, 0.15) is 12.0 Å². The molecule has 1 aromatic carbocycles. The molecular formula is C12H13F2N3O4. The highest BCUT2D eigenvalue weighted by Gasteiger charge is 2.21. The van der Waals surface area contributed by atoms with Gasteiger partial charge in [-0.2, -0.15) is 0 Å². The molecule has 1 atom stereocenters. The van der Waals surface area contributed by atoms with E-state index in [2.05, 4.69) is 5.32 Å². The molecule has 0 aliphatic rings. The first-order valence-corrected chi connectivity index (χ1v) is 5.79. The first kappa shape index (κ1) is 16.3. The van der Waals surface area contributed by atoms with Crippen LogP contribution < -0.4 is 16.4 Å². The van der Waals surface area contributed by atoms with Gasteiger partial charge in [-0.1, -0.05) is 6.07 Å². The van der Waals surface area contributed by atoms with Crippen LogP contribution in [0.15, 0.2) is 18.2 Å². The van der Waals surface area contributed by atoms with Gasteiger partial charge in [0, 0.05) is 6.54 Å². The molecule has 0 aliphatic carbocycles. The number of carboxylic acids is 1. The van der Waals surface area contributed by atoms with E-state index in [1.807, 2.05) is 5.32 Å². The number of nitrogens with one attached hydrogen (secondary N) is 2. The van der Waals surface area contributed by atoms with Gasteiger partial charge in [-0.3, -0.25) is 4.79 Å². The van der Waals surface area contributed by atoms with E-state index in [1.165, 1.54) is 6.07 Å². The van der Waals surface area contributed by atoms with Crippen molar-refractivity contribution in [3.63, 3.8) is 0 Å². The van der Waals surface area contributed by atoms with Crippen molar-refractivity contribution in [1.82, 2.24) is 10.6 Å². The summed E-state index contributed by atoms with van der Waals surface area (Å²) >= 11 is 0. The van der Waals surface area contributed by atoms with Crippen molar-refractivity contribution >= 4 is 17.9 Å². The minimum Gasteiger partial charge on any atom is -0.480 e. The van der Waals surface area contributed by atoms with E-state index in [-0.39, 0.29) is 12.1 Å². The highest BCUT2D eigenvalue weighted by atomic mass is 19.2. The second kappa shape index (κ2) is 7.17. The van der Waals surface area contributed by atoms with E-state index in [9.17, 15) is 23.2 Å². The molecule has 1 rings (SSSR count). The summed E-state index contributed by atoms with van der Waals surface area (Å²) in [6, 6.07) is 0.711. The Kier molecular flexibility index (Phi) is 5.58. The van der Waals surface area contributed by atoms with Gasteiger partial charge in [0.1, 0.15) is 6.04 Å². The molecule has 0 spiro atoms. The van der Waals surface area contributed by atoms with Crippen molar-refractivity contribution in [3.8, 4) is 0 Å². The van der Waals surface area contributed by atoms with E-state index in [0.29, 0.717) is 0 Å². The molecule has 7 nitrogen and oxygen atoms in total. The Morgan fingerprint density at radius 2 is 1.90 bits per heavy atom. The van der Waals surface area contributed by atoms with Gasteiger partial charge in [0.15, 0.2) is 11.6 Å². The molecule has 0 bridgehead atoms. The summed E-state index contributed by atoms with van der Waals surface area (Å²) in [5.74, 6) is -4.39. The Morgan fingerprint density at radius 1 is 1.24 bits per heavy atom. The lowest BCUT2D eigenvalue weighted by atomic mass is 10.2. The van der Waals surface area contributed by atoms with Gasteiger partial charge in [-0.25, -0.2) is 18.4 Å². The van der Waals surface area contributed by atoms with Crippen LogP contribution in [0.5, 0.6) is 0 Å². The molecule has 1 aromatic rings. The molecule has 0 aromatic heterocycles. The Bertz CT molecular complexity index is 565. The number of carbonyl (C=O) groups excluding carboxylic acids is 2. The maximum absolute atomic E-state index is 12.9. The van der Waals surface area contributed by atoms with Crippen LogP contribution in [-0.2, 0) is 16.1 Å². The lowest BCUT2D eigenvalue weighted by Gasteiger charge is -2.13. The maximum atomic E-state index is 12.9. The molecule has 3 amide bonds. The van der Waals surface area contributed by atoms with Crippen molar-refractivity contribution in [2.45, 2.75) is 19.0 Å². The van der Waals surface area contributed by atoms with Crippen LogP contribution in [0.2, 0.25) is 0 Å². The number of aliphatic carboxylic acids is 1. The molecule has 0 saturated carbocycles. The number of nitrogens with two attached hydrogens (primary N) is 1. The lowest BCUT2D eigenvalue weighted by Crippen LogP contribution is -2.47. The zero-order valence-electron chi connectivity index (χ0n) is 10.7. The largest absolute Gasteiger partial charge is 0.480 e. The summed E-state index contributed by atoms with van der Waals surface area (Å²) in [4.78, 5) is 32.9. The van der Waals surface area contributed by atoms with E-state index in [0.717, 1.165) is 12.1 Å². The van der Waals surface area contributed by atoms with Crippen LogP contribution in [-0.4, -0.2) is 29.1 Å². The number of hydrogen-bond donors (Lipinski definition) is 4. The number of carboxylic acid groups (broad SMARTS) is 1. The fourth-order valence-electron chi connectivity index (χ4n) is 1.44. The highest BCUT2D eigenvalue weighted by molar-refractivity contribution is 5.87. The third-order valence-corrected chi connectivity index (χ3v) is 2.45. The second-order valence-corrected chi connectivity index (χ2v) is 4.14. The molecule has 0 radical (unpaired) electrons. The number of hydrogen-bond acceptors (Lipinski definition) is 3. The smallest absolute Gasteiger partial charge is 0.326 e. The number of halogens is 2. The highest BCUT2D eigenvalue weighted by Crippen LogP contribution is 2.08. The molecule has 0 aliphatic heterocycles. The van der Waals surface area contributed by atoms with Crippen LogP contribution in [0, 0.1) is 11.6 Å². The first-order chi connectivity index (χ1) is 9.79. The van der Waals surface area contributed by atoms with Crippen LogP contribution in [0.25, 0.3) is 0 Å². The van der Waals surface area contributed by atoms with E-state index >= 15 is 0 Å². The SMILES string of the molecule is NC(=O)C[C@@H](NC(=O)NCc1ccc(F)c(F)c1)C(=O)O. The predicted molar refractivity (Wildman–Crippen MR) is 67.0 cm³/mol. The lowest BCUT2D eigenvalue weighted by molar-refractivity contribution is -0.140. The van der Waals surface area contributed by atoms with Gasteiger partial charge in [-0.15, -0.1) is 0 Å². The molecule has 0 saturated heterocycles. The Labute approximate surface area is 118 Å². The minimum absolute atomic E-state index is 0.147. The summed E-state index contributed by atoms with van der Waals surface area (Å²) in [7, 11) is 0. The molecule has 21 heavy (non-hydrogen) atoms. The van der Waals surface area contributed by atoms with Gasteiger partial charge < -0.3 is 21.5 Å². The van der Waals surface area contributed by atoms with E-state index < -0.39 is 42.0 Å². The van der Waals surface area contributed by atoms with Gasteiger partial charge in [0.05, 0.1) is 6.42 Å².